The molecule has 0 saturated heterocycles. The van der Waals surface area contributed by atoms with Gasteiger partial charge in [-0.2, -0.15) is 0 Å². The lowest BCUT2D eigenvalue weighted by molar-refractivity contribution is 0.167. The van der Waals surface area contributed by atoms with E-state index in [0.29, 0.717) is 12.6 Å². The van der Waals surface area contributed by atoms with Crippen molar-refractivity contribution in [1.29, 1.82) is 0 Å². The van der Waals surface area contributed by atoms with Crippen molar-refractivity contribution < 1.29 is 4.74 Å². The second kappa shape index (κ2) is 1.31. The summed E-state index contributed by atoms with van der Waals surface area (Å²) >= 11 is 0. The van der Waals surface area contributed by atoms with Crippen molar-refractivity contribution in [3.63, 3.8) is 0 Å². The van der Waals surface area contributed by atoms with E-state index in [-0.39, 0.29) is 0 Å². The van der Waals surface area contributed by atoms with Gasteiger partial charge in [-0.05, 0) is 0 Å². The van der Waals surface area contributed by atoms with Crippen molar-refractivity contribution in [3.8, 4) is 0 Å². The van der Waals surface area contributed by atoms with Crippen LogP contribution in [0.1, 0.15) is 0 Å². The van der Waals surface area contributed by atoms with Crippen LogP contribution in [-0.2, 0) is 4.74 Å². The molecule has 40 valence electrons. The molecular weight excluding hydrogens is 94.1 g/mol. The molecule has 0 atom stereocenters. The largest absolute Gasteiger partial charge is 0.475 e. The first-order valence-electron chi connectivity index (χ1n) is 1.90. The quantitative estimate of drug-likeness (QED) is 0.380. The van der Waals surface area contributed by atoms with E-state index in [9.17, 15) is 0 Å². The minimum atomic E-state index is 0.367. The van der Waals surface area contributed by atoms with Crippen molar-refractivity contribution in [2.75, 3.05) is 6.73 Å². The fourth-order valence-electron chi connectivity index (χ4n) is 0.345. The first kappa shape index (κ1) is 4.26. The summed E-state index contributed by atoms with van der Waals surface area (Å²) in [6.07, 6.45) is 1.42. The number of ether oxygens (including phenoxy) is 1. The van der Waals surface area contributed by atoms with Crippen LogP contribution in [0.3, 0.4) is 0 Å². The lowest BCUT2D eigenvalue weighted by Gasteiger charge is -2.06. The van der Waals surface area contributed by atoms with Crippen molar-refractivity contribution in [3.05, 3.63) is 12.1 Å². The maximum atomic E-state index is 5.22. The van der Waals surface area contributed by atoms with Crippen LogP contribution in [0.25, 0.3) is 0 Å². The van der Waals surface area contributed by atoms with E-state index in [1.165, 1.54) is 11.3 Å². The molecule has 0 saturated carbocycles. The molecule has 0 unspecified atom stereocenters. The Balaban J connectivity index is 2.54. The topological polar surface area (TPSA) is 64.5 Å². The van der Waals surface area contributed by atoms with Gasteiger partial charge in [-0.25, -0.2) is 5.84 Å². The Morgan fingerprint density at radius 2 is 2.57 bits per heavy atom. The van der Waals surface area contributed by atoms with Crippen LogP contribution in [-0.4, -0.2) is 11.7 Å². The van der Waals surface area contributed by atoms with Crippen LogP contribution in [0.4, 0.5) is 0 Å². The third-order valence-corrected chi connectivity index (χ3v) is 0.749. The monoisotopic (exact) mass is 101 g/mol. The van der Waals surface area contributed by atoms with E-state index in [4.69, 9.17) is 11.6 Å². The highest BCUT2D eigenvalue weighted by Gasteiger charge is 2.05. The highest BCUT2D eigenvalue weighted by molar-refractivity contribution is 4.91. The first-order chi connectivity index (χ1) is 3.30. The molecule has 0 fully saturated rings. The van der Waals surface area contributed by atoms with Gasteiger partial charge in [0.15, 0.2) is 12.6 Å². The van der Waals surface area contributed by atoms with Gasteiger partial charge >= 0.3 is 0 Å². The Hall–Kier alpha value is -0.900. The van der Waals surface area contributed by atoms with Gasteiger partial charge in [-0.15, -0.1) is 0 Å². The van der Waals surface area contributed by atoms with Gasteiger partial charge in [0.2, 0.25) is 0 Å². The molecule has 1 aliphatic rings. The Labute approximate surface area is 41.3 Å². The molecule has 0 aromatic heterocycles. The van der Waals surface area contributed by atoms with Crippen LogP contribution < -0.4 is 11.6 Å². The number of hydrogen-bond acceptors (Lipinski definition) is 4. The van der Waals surface area contributed by atoms with Gasteiger partial charge in [0.25, 0.3) is 0 Å². The summed E-state index contributed by atoms with van der Waals surface area (Å²) in [5, 5.41) is 1.32. The molecule has 4 N–H and O–H groups in total. The average molecular weight is 101 g/mol. The Kier molecular flexibility index (Phi) is 0.796. The van der Waals surface area contributed by atoms with Crippen LogP contribution in [0, 0.1) is 0 Å². The van der Waals surface area contributed by atoms with Gasteiger partial charge in [0.1, 0.15) is 6.26 Å². The summed E-state index contributed by atoms with van der Waals surface area (Å²) in [6.45, 7) is 0.367. The van der Waals surface area contributed by atoms with E-state index in [1.807, 2.05) is 0 Å². The predicted molar refractivity (Wildman–Crippen MR) is 24.2 cm³/mol. The predicted octanol–water partition coefficient (Wildman–Crippen LogP) is -1.09. The number of rotatable bonds is 0. The van der Waals surface area contributed by atoms with Crippen molar-refractivity contribution in [1.82, 2.24) is 5.01 Å². The lowest BCUT2D eigenvalue weighted by atomic mass is 10.8. The number of nitrogens with two attached hydrogens (primary N) is 2. The van der Waals surface area contributed by atoms with Crippen molar-refractivity contribution in [2.24, 2.45) is 11.6 Å². The van der Waals surface area contributed by atoms with Crippen LogP contribution in [0.15, 0.2) is 12.1 Å². The number of hydrazine groups is 1. The fourth-order valence-corrected chi connectivity index (χ4v) is 0.345. The molecule has 0 spiro atoms. The number of nitrogens with zero attached hydrogens (tertiary/aromatic N) is 1. The smallest absolute Gasteiger partial charge is 0.175 e. The minimum Gasteiger partial charge on any atom is -0.475 e. The van der Waals surface area contributed by atoms with Gasteiger partial charge in [-0.3, -0.25) is 5.01 Å². The van der Waals surface area contributed by atoms with E-state index < -0.39 is 0 Å². The minimum absolute atomic E-state index is 0.367. The van der Waals surface area contributed by atoms with Crippen molar-refractivity contribution >= 4 is 0 Å². The molecule has 0 bridgehead atoms. The van der Waals surface area contributed by atoms with Gasteiger partial charge < -0.3 is 10.5 Å². The normalized spacial score (nSPS) is 19.0. The standard InChI is InChI=1S/C3H7N3O/c4-3-1-7-2-6(3)5/h1H,2,4-5H2. The second-order valence-corrected chi connectivity index (χ2v) is 1.31. The Bertz CT molecular complexity index is 100. The molecule has 1 rings (SSSR count). The fraction of sp³-hybridized carbons (Fsp3) is 0.333. The van der Waals surface area contributed by atoms with Crippen LogP contribution in [0.5, 0.6) is 0 Å². The molecule has 1 aliphatic heterocycles. The summed E-state index contributed by atoms with van der Waals surface area (Å²) in [5.74, 6) is 5.67. The van der Waals surface area contributed by atoms with Crippen molar-refractivity contribution in [2.45, 2.75) is 0 Å². The van der Waals surface area contributed by atoms with E-state index in [1.54, 1.807) is 0 Å². The number of hydrogen-bond donors (Lipinski definition) is 2. The van der Waals surface area contributed by atoms with Gasteiger partial charge in [0, 0.05) is 0 Å². The average Bonchev–Trinajstić information content (AvgIpc) is 1.91. The zero-order valence-electron chi connectivity index (χ0n) is 3.79. The Morgan fingerprint density at radius 3 is 2.71 bits per heavy atom. The summed E-state index contributed by atoms with van der Waals surface area (Å²) < 4.78 is 4.68. The maximum absolute atomic E-state index is 5.22. The molecular formula is C3H7N3O. The molecule has 0 radical (unpaired) electrons. The maximum Gasteiger partial charge on any atom is 0.175 e. The van der Waals surface area contributed by atoms with Crippen LogP contribution >= 0.6 is 0 Å². The highest BCUT2D eigenvalue weighted by Crippen LogP contribution is 1.98. The SMILES string of the molecule is NC1=COCN1N. The molecule has 4 heteroatoms. The Morgan fingerprint density at radius 1 is 1.86 bits per heavy atom. The third kappa shape index (κ3) is 0.592. The summed E-state index contributed by atoms with van der Waals surface area (Å²) in [6, 6.07) is 0. The molecule has 4 nitrogen and oxygen atoms in total. The molecule has 0 aliphatic carbocycles. The van der Waals surface area contributed by atoms with Crippen LogP contribution in [0.2, 0.25) is 0 Å². The molecule has 0 aromatic carbocycles. The molecule has 0 amide bonds. The van der Waals surface area contributed by atoms with E-state index in [0.717, 1.165) is 0 Å². The summed E-state index contributed by atoms with van der Waals surface area (Å²) in [4.78, 5) is 0. The lowest BCUT2D eigenvalue weighted by Crippen LogP contribution is -2.31. The zero-order chi connectivity index (χ0) is 5.28. The van der Waals surface area contributed by atoms with Gasteiger partial charge in [-0.1, -0.05) is 0 Å². The molecule has 7 heavy (non-hydrogen) atoms. The second-order valence-electron chi connectivity index (χ2n) is 1.31. The van der Waals surface area contributed by atoms with E-state index >= 15 is 0 Å². The van der Waals surface area contributed by atoms with E-state index in [2.05, 4.69) is 4.74 Å². The molecule has 1 heterocycles. The van der Waals surface area contributed by atoms with Gasteiger partial charge in [0.05, 0.1) is 0 Å². The zero-order valence-corrected chi connectivity index (χ0v) is 3.79. The summed E-state index contributed by atoms with van der Waals surface area (Å²) in [7, 11) is 0. The summed E-state index contributed by atoms with van der Waals surface area (Å²) in [5.41, 5.74) is 5.22. The highest BCUT2D eigenvalue weighted by atomic mass is 16.5. The first-order valence-corrected chi connectivity index (χ1v) is 1.90. The molecule has 0 aromatic rings. The third-order valence-electron chi connectivity index (χ3n) is 0.749.